The Morgan fingerprint density at radius 1 is 0.905 bits per heavy atom. The van der Waals surface area contributed by atoms with Gasteiger partial charge in [-0.2, -0.15) is 0 Å². The minimum absolute atomic E-state index is 0.0104. The highest BCUT2D eigenvalue weighted by Gasteiger charge is 2.21. The molecule has 0 aliphatic rings. The van der Waals surface area contributed by atoms with Gasteiger partial charge in [0, 0.05) is 10.0 Å². The summed E-state index contributed by atoms with van der Waals surface area (Å²) < 4.78 is 27.0. The van der Waals surface area contributed by atoms with Gasteiger partial charge in [-0.15, -0.1) is 0 Å². The lowest BCUT2D eigenvalue weighted by molar-refractivity contribution is 0.601. The number of sulfonamides is 1. The summed E-state index contributed by atoms with van der Waals surface area (Å²) in [6, 6.07) is 6.78. The number of anilines is 2. The number of benzene rings is 2. The van der Waals surface area contributed by atoms with E-state index in [0.29, 0.717) is 10.0 Å². The molecule has 112 valence electrons. The normalized spacial score (nSPS) is 11.4. The molecule has 0 aliphatic heterocycles. The minimum Gasteiger partial charge on any atom is -0.398 e. The summed E-state index contributed by atoms with van der Waals surface area (Å²) >= 11 is 23.4. The van der Waals surface area contributed by atoms with Gasteiger partial charge >= 0.3 is 0 Å². The molecule has 0 unspecified atom stereocenters. The minimum atomic E-state index is -3.96. The van der Waals surface area contributed by atoms with Crippen LogP contribution in [0.3, 0.4) is 0 Å². The van der Waals surface area contributed by atoms with E-state index in [1.807, 2.05) is 0 Å². The van der Waals surface area contributed by atoms with Crippen molar-refractivity contribution in [2.24, 2.45) is 0 Å². The second-order valence-electron chi connectivity index (χ2n) is 4.03. The number of rotatable bonds is 3. The van der Waals surface area contributed by atoms with Crippen LogP contribution in [0.2, 0.25) is 20.1 Å². The third-order valence-electron chi connectivity index (χ3n) is 2.50. The molecule has 2 rings (SSSR count). The Hall–Kier alpha value is -0.850. The highest BCUT2D eigenvalue weighted by Crippen LogP contribution is 2.35. The van der Waals surface area contributed by atoms with Crippen molar-refractivity contribution < 1.29 is 8.42 Å². The molecular weight excluding hydrogens is 378 g/mol. The Morgan fingerprint density at radius 2 is 1.48 bits per heavy atom. The molecule has 0 bridgehead atoms. The fourth-order valence-electron chi connectivity index (χ4n) is 1.59. The summed E-state index contributed by atoms with van der Waals surface area (Å²) in [5.74, 6) is 0. The van der Waals surface area contributed by atoms with E-state index in [0.717, 1.165) is 0 Å². The molecule has 0 radical (unpaired) electrons. The van der Waals surface area contributed by atoms with E-state index in [1.165, 1.54) is 30.3 Å². The fourth-order valence-corrected chi connectivity index (χ4v) is 4.01. The van der Waals surface area contributed by atoms with Crippen molar-refractivity contribution in [3.63, 3.8) is 0 Å². The van der Waals surface area contributed by atoms with Gasteiger partial charge in [-0.1, -0.05) is 46.4 Å². The third-order valence-corrected chi connectivity index (χ3v) is 4.98. The number of halogens is 4. The summed E-state index contributed by atoms with van der Waals surface area (Å²) in [5.41, 5.74) is 5.71. The predicted molar refractivity (Wildman–Crippen MR) is 88.1 cm³/mol. The number of hydrogen-bond acceptors (Lipinski definition) is 3. The van der Waals surface area contributed by atoms with Gasteiger partial charge in [0.15, 0.2) is 0 Å². The summed E-state index contributed by atoms with van der Waals surface area (Å²) in [5, 5.41) is 0.764. The summed E-state index contributed by atoms with van der Waals surface area (Å²) in [7, 11) is -3.96. The van der Waals surface area contributed by atoms with E-state index in [9.17, 15) is 8.42 Å². The quantitative estimate of drug-likeness (QED) is 0.753. The average molecular weight is 386 g/mol. The Kier molecular flexibility index (Phi) is 4.80. The SMILES string of the molecule is Nc1cc(Cl)ccc1S(=O)(=O)Nc1c(Cl)cc(Cl)cc1Cl. The summed E-state index contributed by atoms with van der Waals surface area (Å²) in [6.45, 7) is 0. The van der Waals surface area contributed by atoms with Gasteiger partial charge in [0.2, 0.25) is 0 Å². The average Bonchev–Trinajstić information content (AvgIpc) is 2.33. The predicted octanol–water partition coefficient (Wildman–Crippen LogP) is 4.68. The first kappa shape index (κ1) is 16.5. The van der Waals surface area contributed by atoms with Crippen LogP contribution in [0, 0.1) is 0 Å². The monoisotopic (exact) mass is 384 g/mol. The Balaban J connectivity index is 2.47. The van der Waals surface area contributed by atoms with Crippen LogP contribution in [0.4, 0.5) is 11.4 Å². The van der Waals surface area contributed by atoms with Gasteiger partial charge in [-0.25, -0.2) is 8.42 Å². The lowest BCUT2D eigenvalue weighted by Gasteiger charge is -2.13. The van der Waals surface area contributed by atoms with Crippen molar-refractivity contribution in [3.05, 3.63) is 50.4 Å². The van der Waals surface area contributed by atoms with Gasteiger partial charge in [0.1, 0.15) is 4.90 Å². The molecule has 9 heteroatoms. The maximum Gasteiger partial charge on any atom is 0.264 e. The molecule has 3 N–H and O–H groups in total. The molecule has 0 amide bonds. The topological polar surface area (TPSA) is 72.2 Å². The van der Waals surface area contributed by atoms with Gasteiger partial charge < -0.3 is 5.73 Å². The van der Waals surface area contributed by atoms with Crippen LogP contribution >= 0.6 is 46.4 Å². The molecule has 0 spiro atoms. The first-order valence-electron chi connectivity index (χ1n) is 5.43. The lowest BCUT2D eigenvalue weighted by Crippen LogP contribution is -2.15. The van der Waals surface area contributed by atoms with E-state index in [1.54, 1.807) is 0 Å². The van der Waals surface area contributed by atoms with E-state index in [2.05, 4.69) is 4.72 Å². The molecule has 0 fully saturated rings. The molecule has 2 aromatic rings. The zero-order valence-electron chi connectivity index (χ0n) is 10.2. The summed E-state index contributed by atoms with van der Waals surface area (Å²) in [4.78, 5) is -0.131. The lowest BCUT2D eigenvalue weighted by atomic mass is 10.3. The van der Waals surface area contributed by atoms with Gasteiger partial charge in [0.25, 0.3) is 10.0 Å². The van der Waals surface area contributed by atoms with E-state index in [-0.39, 0.29) is 26.3 Å². The van der Waals surface area contributed by atoms with Crippen LogP contribution in [0.15, 0.2) is 35.2 Å². The van der Waals surface area contributed by atoms with E-state index >= 15 is 0 Å². The molecule has 2 aromatic carbocycles. The van der Waals surface area contributed by atoms with Crippen LogP contribution in [0.5, 0.6) is 0 Å². The molecule has 0 saturated carbocycles. The number of nitrogens with two attached hydrogens (primary N) is 1. The van der Waals surface area contributed by atoms with Crippen molar-refractivity contribution in [1.82, 2.24) is 0 Å². The van der Waals surface area contributed by atoms with Crippen molar-refractivity contribution in [1.29, 1.82) is 0 Å². The first-order chi connectivity index (χ1) is 9.70. The Bertz CT molecular complexity index is 786. The zero-order chi connectivity index (χ0) is 15.8. The molecule has 0 aliphatic carbocycles. The zero-order valence-corrected chi connectivity index (χ0v) is 14.0. The molecule has 0 heterocycles. The Morgan fingerprint density at radius 3 is 2.00 bits per heavy atom. The second kappa shape index (κ2) is 6.10. The van der Waals surface area contributed by atoms with Crippen molar-refractivity contribution >= 4 is 67.8 Å². The van der Waals surface area contributed by atoms with Crippen molar-refractivity contribution in [2.45, 2.75) is 4.90 Å². The van der Waals surface area contributed by atoms with Gasteiger partial charge in [-0.3, -0.25) is 4.72 Å². The molecular formula is C12H8Cl4N2O2S. The van der Waals surface area contributed by atoms with E-state index in [4.69, 9.17) is 52.1 Å². The van der Waals surface area contributed by atoms with Crippen LogP contribution in [-0.4, -0.2) is 8.42 Å². The van der Waals surface area contributed by atoms with E-state index < -0.39 is 10.0 Å². The van der Waals surface area contributed by atoms with Crippen LogP contribution < -0.4 is 10.5 Å². The van der Waals surface area contributed by atoms with Crippen LogP contribution in [0.1, 0.15) is 0 Å². The maximum atomic E-state index is 12.3. The Labute approximate surface area is 141 Å². The number of nitrogen functional groups attached to an aromatic ring is 1. The fraction of sp³-hybridized carbons (Fsp3) is 0. The number of nitrogens with one attached hydrogen (secondary N) is 1. The first-order valence-corrected chi connectivity index (χ1v) is 8.42. The summed E-state index contributed by atoms with van der Waals surface area (Å²) in [6.07, 6.45) is 0. The highest BCUT2D eigenvalue weighted by atomic mass is 35.5. The largest absolute Gasteiger partial charge is 0.398 e. The molecule has 0 saturated heterocycles. The van der Waals surface area contributed by atoms with Crippen molar-refractivity contribution in [3.8, 4) is 0 Å². The van der Waals surface area contributed by atoms with Crippen LogP contribution in [-0.2, 0) is 10.0 Å². The smallest absolute Gasteiger partial charge is 0.264 e. The van der Waals surface area contributed by atoms with Gasteiger partial charge in [0.05, 0.1) is 21.4 Å². The molecule has 4 nitrogen and oxygen atoms in total. The standard InChI is InChI=1S/C12H8Cl4N2O2S/c13-6-1-2-11(10(17)5-6)21(19,20)18-12-8(15)3-7(14)4-9(12)16/h1-5,18H,17H2. The van der Waals surface area contributed by atoms with Crippen LogP contribution in [0.25, 0.3) is 0 Å². The van der Waals surface area contributed by atoms with Crippen molar-refractivity contribution in [2.75, 3.05) is 10.5 Å². The molecule has 21 heavy (non-hydrogen) atoms. The van der Waals surface area contributed by atoms with Gasteiger partial charge in [-0.05, 0) is 30.3 Å². The molecule has 0 atom stereocenters. The number of hydrogen-bond donors (Lipinski definition) is 2. The third kappa shape index (κ3) is 3.67. The second-order valence-corrected chi connectivity index (χ2v) is 7.37. The molecule has 0 aromatic heterocycles. The maximum absolute atomic E-state index is 12.3. The highest BCUT2D eigenvalue weighted by molar-refractivity contribution is 7.93.